The van der Waals surface area contributed by atoms with E-state index in [0.717, 1.165) is 18.2 Å². The van der Waals surface area contributed by atoms with Crippen LogP contribution in [-0.2, 0) is 0 Å². The fourth-order valence-electron chi connectivity index (χ4n) is 1.74. The van der Waals surface area contributed by atoms with Crippen LogP contribution in [0.4, 0.5) is 23.2 Å². The average Bonchev–Trinajstić information content (AvgIpc) is 2.42. The molecule has 0 aliphatic rings. The number of aliphatic hydroxyl groups is 1. The fraction of sp³-hybridized carbons (Fsp3) is 0. The minimum atomic E-state index is -1.17. The molecule has 23 heavy (non-hydrogen) atoms. The van der Waals surface area contributed by atoms with E-state index in [0.29, 0.717) is 18.2 Å². The van der Waals surface area contributed by atoms with Crippen molar-refractivity contribution < 1.29 is 27.8 Å². The van der Waals surface area contributed by atoms with Crippen LogP contribution in [0.5, 0.6) is 5.75 Å². The van der Waals surface area contributed by atoms with Gasteiger partial charge in [0.05, 0.1) is 5.56 Å². The summed E-state index contributed by atoms with van der Waals surface area (Å²) in [5, 5.41) is 18.7. The van der Waals surface area contributed by atoms with Crippen molar-refractivity contribution in [1.82, 2.24) is 0 Å². The highest BCUT2D eigenvalue weighted by molar-refractivity contribution is 5.98. The molecule has 0 aliphatic carbocycles. The van der Waals surface area contributed by atoms with Gasteiger partial charge in [-0.3, -0.25) is 0 Å². The molecule has 0 saturated heterocycles. The SMILES string of the molecule is NC(/C=C(\O)c1ccc(F)cc1F)=Nc1c(F)cc(O)cc1F. The summed E-state index contributed by atoms with van der Waals surface area (Å²) in [7, 11) is 0. The van der Waals surface area contributed by atoms with Gasteiger partial charge >= 0.3 is 0 Å². The van der Waals surface area contributed by atoms with Crippen LogP contribution in [0.2, 0.25) is 0 Å². The van der Waals surface area contributed by atoms with Crippen LogP contribution in [0.25, 0.3) is 5.76 Å². The van der Waals surface area contributed by atoms with Crippen LogP contribution >= 0.6 is 0 Å². The first kappa shape index (κ1) is 16.3. The van der Waals surface area contributed by atoms with E-state index in [1.807, 2.05) is 0 Å². The van der Waals surface area contributed by atoms with Crippen molar-refractivity contribution in [2.45, 2.75) is 0 Å². The number of nitrogens with two attached hydrogens (primary N) is 1. The number of aliphatic hydroxyl groups excluding tert-OH is 1. The summed E-state index contributed by atoms with van der Waals surface area (Å²) in [6, 6.07) is 3.67. The number of halogens is 4. The predicted octanol–water partition coefficient (Wildman–Crippen LogP) is 3.54. The lowest BCUT2D eigenvalue weighted by Gasteiger charge is -2.04. The van der Waals surface area contributed by atoms with Crippen LogP contribution in [0, 0.1) is 23.3 Å². The van der Waals surface area contributed by atoms with Crippen LogP contribution < -0.4 is 5.73 Å². The molecule has 0 fully saturated rings. The van der Waals surface area contributed by atoms with Crippen LogP contribution in [0.15, 0.2) is 41.4 Å². The molecule has 0 amide bonds. The van der Waals surface area contributed by atoms with Crippen molar-refractivity contribution in [2.75, 3.05) is 0 Å². The van der Waals surface area contributed by atoms with Crippen molar-refractivity contribution in [2.24, 2.45) is 10.7 Å². The van der Waals surface area contributed by atoms with E-state index in [-0.39, 0.29) is 5.56 Å². The van der Waals surface area contributed by atoms with Crippen LogP contribution in [-0.4, -0.2) is 16.0 Å². The molecule has 0 spiro atoms. The quantitative estimate of drug-likeness (QED) is 0.349. The first-order valence-corrected chi connectivity index (χ1v) is 6.16. The number of nitrogens with zero attached hydrogens (tertiary/aromatic N) is 1. The van der Waals surface area contributed by atoms with Gasteiger partial charge in [-0.15, -0.1) is 0 Å². The molecule has 0 bridgehead atoms. The summed E-state index contributed by atoms with van der Waals surface area (Å²) in [6.45, 7) is 0. The first-order valence-electron chi connectivity index (χ1n) is 6.16. The number of hydrogen-bond donors (Lipinski definition) is 3. The zero-order valence-corrected chi connectivity index (χ0v) is 11.4. The topological polar surface area (TPSA) is 78.8 Å². The Morgan fingerprint density at radius 3 is 2.17 bits per heavy atom. The summed E-state index contributed by atoms with van der Waals surface area (Å²) >= 11 is 0. The minimum Gasteiger partial charge on any atom is -0.508 e. The molecule has 4 N–H and O–H groups in total. The average molecular weight is 326 g/mol. The highest BCUT2D eigenvalue weighted by Crippen LogP contribution is 2.26. The summed E-state index contributed by atoms with van der Waals surface area (Å²) in [5.41, 5.74) is 4.27. The maximum Gasteiger partial charge on any atom is 0.155 e. The number of aromatic hydroxyl groups is 1. The van der Waals surface area contributed by atoms with E-state index in [1.165, 1.54) is 0 Å². The molecule has 4 nitrogen and oxygen atoms in total. The van der Waals surface area contributed by atoms with E-state index >= 15 is 0 Å². The zero-order valence-electron chi connectivity index (χ0n) is 11.4. The molecule has 2 rings (SSSR count). The monoisotopic (exact) mass is 326 g/mol. The molecule has 0 atom stereocenters. The van der Waals surface area contributed by atoms with Gasteiger partial charge in [0.15, 0.2) is 11.6 Å². The van der Waals surface area contributed by atoms with Gasteiger partial charge in [-0.1, -0.05) is 0 Å². The molecule has 8 heteroatoms. The fourth-order valence-corrected chi connectivity index (χ4v) is 1.74. The number of amidine groups is 1. The predicted molar refractivity (Wildman–Crippen MR) is 76.3 cm³/mol. The normalized spacial score (nSPS) is 12.5. The van der Waals surface area contributed by atoms with Crippen molar-refractivity contribution in [3.63, 3.8) is 0 Å². The van der Waals surface area contributed by atoms with Crippen molar-refractivity contribution >= 4 is 17.3 Å². The third kappa shape index (κ3) is 3.79. The number of benzene rings is 2. The Balaban J connectivity index is 2.38. The maximum absolute atomic E-state index is 13.5. The molecule has 0 radical (unpaired) electrons. The van der Waals surface area contributed by atoms with Crippen LogP contribution in [0.3, 0.4) is 0 Å². The van der Waals surface area contributed by atoms with Gasteiger partial charge in [-0.25, -0.2) is 22.6 Å². The summed E-state index contributed by atoms with van der Waals surface area (Å²) in [6.07, 6.45) is 0.752. The Morgan fingerprint density at radius 2 is 1.61 bits per heavy atom. The molecular formula is C15H10F4N2O2. The number of aliphatic imine (C=N–C) groups is 1. The summed E-state index contributed by atoms with van der Waals surface area (Å²) in [5.74, 6) is -6.11. The number of phenolic OH excluding ortho intramolecular Hbond substituents is 1. The molecule has 0 heterocycles. The van der Waals surface area contributed by atoms with E-state index in [1.54, 1.807) is 0 Å². The molecule has 2 aromatic rings. The zero-order chi connectivity index (χ0) is 17.1. The van der Waals surface area contributed by atoms with Gasteiger partial charge < -0.3 is 15.9 Å². The molecule has 2 aromatic carbocycles. The molecule has 0 saturated carbocycles. The van der Waals surface area contributed by atoms with Crippen molar-refractivity contribution in [3.8, 4) is 5.75 Å². The Kier molecular flexibility index (Phi) is 4.54. The minimum absolute atomic E-state index is 0.365. The Bertz CT molecular complexity index is 796. The van der Waals surface area contributed by atoms with Gasteiger partial charge in [-0.2, -0.15) is 0 Å². The highest BCUT2D eigenvalue weighted by Gasteiger charge is 2.12. The molecular weight excluding hydrogens is 316 g/mol. The lowest BCUT2D eigenvalue weighted by molar-refractivity contribution is 0.461. The van der Waals surface area contributed by atoms with Crippen LogP contribution in [0.1, 0.15) is 5.56 Å². The molecule has 0 aromatic heterocycles. The third-order valence-electron chi connectivity index (χ3n) is 2.73. The second kappa shape index (κ2) is 6.39. The van der Waals surface area contributed by atoms with Gasteiger partial charge in [0.25, 0.3) is 0 Å². The van der Waals surface area contributed by atoms with Crippen molar-refractivity contribution in [3.05, 3.63) is 65.2 Å². The number of rotatable bonds is 3. The summed E-state index contributed by atoms with van der Waals surface area (Å²) in [4.78, 5) is 3.41. The van der Waals surface area contributed by atoms with Gasteiger partial charge in [0.2, 0.25) is 0 Å². The standard InChI is InChI=1S/C15H10F4N2O2/c16-7-1-2-9(10(17)3-7)13(23)6-14(20)21-15-11(18)4-8(22)5-12(15)19/h1-6,22-23H,(H2,20,21)/b13-6-. The first-order chi connectivity index (χ1) is 10.8. The second-order valence-corrected chi connectivity index (χ2v) is 4.45. The number of phenols is 1. The lowest BCUT2D eigenvalue weighted by Crippen LogP contribution is -2.09. The second-order valence-electron chi connectivity index (χ2n) is 4.45. The van der Waals surface area contributed by atoms with Gasteiger partial charge in [0, 0.05) is 24.3 Å². The third-order valence-corrected chi connectivity index (χ3v) is 2.73. The van der Waals surface area contributed by atoms with E-state index in [9.17, 15) is 22.7 Å². The maximum atomic E-state index is 13.5. The Labute approximate surface area is 127 Å². The van der Waals surface area contributed by atoms with E-state index < -0.39 is 46.3 Å². The summed E-state index contributed by atoms with van der Waals surface area (Å²) < 4.78 is 53.3. The largest absolute Gasteiger partial charge is 0.508 e. The number of hydrogen-bond acceptors (Lipinski definition) is 3. The van der Waals surface area contributed by atoms with Gasteiger partial charge in [-0.05, 0) is 12.1 Å². The molecule has 0 unspecified atom stereocenters. The smallest absolute Gasteiger partial charge is 0.155 e. The Morgan fingerprint density at radius 1 is 1.00 bits per heavy atom. The van der Waals surface area contributed by atoms with E-state index in [4.69, 9.17) is 10.8 Å². The Hall–Kier alpha value is -3.03. The van der Waals surface area contributed by atoms with E-state index in [2.05, 4.69) is 4.99 Å². The molecule has 0 aliphatic heterocycles. The molecule has 120 valence electrons. The lowest BCUT2D eigenvalue weighted by atomic mass is 10.1. The van der Waals surface area contributed by atoms with Gasteiger partial charge in [0.1, 0.15) is 34.7 Å². The van der Waals surface area contributed by atoms with Crippen molar-refractivity contribution in [1.29, 1.82) is 0 Å². The highest BCUT2D eigenvalue weighted by atomic mass is 19.1.